The maximum absolute atomic E-state index is 13.4. The number of nitrogens with zero attached hydrogens (tertiary/aromatic N) is 2. The van der Waals surface area contributed by atoms with E-state index in [1.165, 1.54) is 6.07 Å². The number of benzene rings is 2. The number of anilines is 1. The van der Waals surface area contributed by atoms with Gasteiger partial charge in [0.15, 0.2) is 0 Å². The molecular formula is C21H20Cl2N2O3. The van der Waals surface area contributed by atoms with Crippen LogP contribution in [0.5, 0.6) is 0 Å². The van der Waals surface area contributed by atoms with Gasteiger partial charge in [0.1, 0.15) is 5.70 Å². The van der Waals surface area contributed by atoms with E-state index in [2.05, 4.69) is 0 Å². The van der Waals surface area contributed by atoms with Gasteiger partial charge in [0.25, 0.3) is 11.8 Å². The minimum atomic E-state index is -0.502. The highest BCUT2D eigenvalue weighted by Gasteiger charge is 2.42. The first-order chi connectivity index (χ1) is 13.3. The van der Waals surface area contributed by atoms with Crippen molar-refractivity contribution in [2.45, 2.75) is 13.8 Å². The number of hydrogen-bond acceptors (Lipinski definition) is 4. The molecule has 28 heavy (non-hydrogen) atoms. The van der Waals surface area contributed by atoms with Crippen LogP contribution in [0.1, 0.15) is 16.7 Å². The Balaban J connectivity index is 2.19. The lowest BCUT2D eigenvalue weighted by atomic mass is 9.99. The molecule has 1 heterocycles. The summed E-state index contributed by atoms with van der Waals surface area (Å²) in [4.78, 5) is 29.2. The summed E-state index contributed by atoms with van der Waals surface area (Å²) in [6.07, 6.45) is 0. The molecule has 1 N–H and O–H groups in total. The number of amides is 2. The van der Waals surface area contributed by atoms with Crippen LogP contribution in [0.4, 0.5) is 5.69 Å². The highest BCUT2D eigenvalue weighted by atomic mass is 35.5. The van der Waals surface area contributed by atoms with Crippen LogP contribution in [0, 0.1) is 13.8 Å². The molecule has 0 fully saturated rings. The van der Waals surface area contributed by atoms with Crippen LogP contribution in [0.2, 0.25) is 10.0 Å². The molecule has 1 aliphatic heterocycles. The van der Waals surface area contributed by atoms with E-state index in [0.717, 1.165) is 16.0 Å². The van der Waals surface area contributed by atoms with Crippen LogP contribution in [0.15, 0.2) is 42.1 Å². The molecule has 2 aromatic carbocycles. The van der Waals surface area contributed by atoms with Crippen LogP contribution in [-0.4, -0.2) is 42.0 Å². The van der Waals surface area contributed by atoms with Crippen LogP contribution < -0.4 is 4.90 Å². The predicted octanol–water partition coefficient (Wildman–Crippen LogP) is 3.82. The largest absolute Gasteiger partial charge is 0.395 e. The predicted molar refractivity (Wildman–Crippen MR) is 112 cm³/mol. The van der Waals surface area contributed by atoms with E-state index in [-0.39, 0.29) is 35.1 Å². The lowest BCUT2D eigenvalue weighted by molar-refractivity contribution is -0.120. The average molecular weight is 419 g/mol. The van der Waals surface area contributed by atoms with Crippen LogP contribution in [0.3, 0.4) is 0 Å². The van der Waals surface area contributed by atoms with E-state index in [4.69, 9.17) is 23.2 Å². The molecule has 0 atom stereocenters. The summed E-state index contributed by atoms with van der Waals surface area (Å²) in [5, 5.41) is 9.95. The van der Waals surface area contributed by atoms with Gasteiger partial charge >= 0.3 is 0 Å². The lowest BCUT2D eigenvalue weighted by Gasteiger charge is -2.21. The van der Waals surface area contributed by atoms with Crippen molar-refractivity contribution in [1.29, 1.82) is 0 Å². The summed E-state index contributed by atoms with van der Waals surface area (Å²) >= 11 is 12.3. The van der Waals surface area contributed by atoms with Gasteiger partial charge in [0.05, 0.1) is 22.9 Å². The Hall–Kier alpha value is -2.34. The highest BCUT2D eigenvalue weighted by molar-refractivity contribution is 6.47. The van der Waals surface area contributed by atoms with Crippen molar-refractivity contribution in [3.05, 3.63) is 68.8 Å². The zero-order chi connectivity index (χ0) is 20.6. The van der Waals surface area contributed by atoms with Crippen molar-refractivity contribution in [2.24, 2.45) is 0 Å². The van der Waals surface area contributed by atoms with Gasteiger partial charge in [-0.3, -0.25) is 9.59 Å². The Morgan fingerprint density at radius 2 is 1.71 bits per heavy atom. The minimum absolute atomic E-state index is 0.153. The van der Waals surface area contributed by atoms with Gasteiger partial charge in [-0.25, -0.2) is 4.90 Å². The summed E-state index contributed by atoms with van der Waals surface area (Å²) in [5.74, 6) is -0.976. The molecule has 0 aromatic heterocycles. The number of likely N-dealkylation sites (N-methyl/N-ethyl adjacent to an activating group) is 1. The summed E-state index contributed by atoms with van der Waals surface area (Å²) < 4.78 is 0. The second-order valence-electron chi connectivity index (χ2n) is 6.71. The molecule has 0 saturated carbocycles. The molecule has 0 radical (unpaired) electrons. The first-order valence-corrected chi connectivity index (χ1v) is 9.49. The van der Waals surface area contributed by atoms with Gasteiger partial charge in [0, 0.05) is 18.6 Å². The third kappa shape index (κ3) is 3.53. The molecule has 146 valence electrons. The van der Waals surface area contributed by atoms with Crippen molar-refractivity contribution in [3.63, 3.8) is 0 Å². The molecule has 5 nitrogen and oxygen atoms in total. The van der Waals surface area contributed by atoms with Crippen LogP contribution >= 0.6 is 23.2 Å². The van der Waals surface area contributed by atoms with Crippen molar-refractivity contribution in [1.82, 2.24) is 4.90 Å². The fourth-order valence-electron chi connectivity index (χ4n) is 3.17. The first kappa shape index (κ1) is 20.4. The second kappa shape index (κ2) is 7.95. The zero-order valence-corrected chi connectivity index (χ0v) is 17.3. The smallest absolute Gasteiger partial charge is 0.282 e. The molecular weight excluding hydrogens is 399 g/mol. The van der Waals surface area contributed by atoms with Gasteiger partial charge < -0.3 is 10.0 Å². The summed E-state index contributed by atoms with van der Waals surface area (Å²) in [6, 6.07) is 10.2. The second-order valence-corrected chi connectivity index (χ2v) is 7.55. The lowest BCUT2D eigenvalue weighted by Crippen LogP contribution is -2.35. The van der Waals surface area contributed by atoms with E-state index in [1.807, 2.05) is 32.0 Å². The molecule has 0 saturated heterocycles. The number of hydrogen-bond donors (Lipinski definition) is 1. The molecule has 2 aromatic rings. The van der Waals surface area contributed by atoms with Crippen molar-refractivity contribution in [3.8, 4) is 0 Å². The molecule has 1 aliphatic rings. The summed E-state index contributed by atoms with van der Waals surface area (Å²) in [6.45, 7) is 3.98. The Kier molecular flexibility index (Phi) is 5.79. The van der Waals surface area contributed by atoms with Crippen LogP contribution in [0.25, 0.3) is 5.57 Å². The Labute approximate surface area is 173 Å². The first-order valence-electron chi connectivity index (χ1n) is 8.74. The summed E-state index contributed by atoms with van der Waals surface area (Å²) in [5.41, 5.74) is 3.47. The Bertz CT molecular complexity index is 1000. The SMILES string of the molecule is Cc1ccc(C2=C(N(C)CCO)C(=O)N(c3cc(Cl)ccc3Cl)C2=O)cc1C. The Morgan fingerprint density at radius 3 is 2.36 bits per heavy atom. The van der Waals surface area contributed by atoms with Gasteiger partial charge in [-0.2, -0.15) is 0 Å². The number of imide groups is 1. The number of carbonyl (C=O) groups is 2. The summed E-state index contributed by atoms with van der Waals surface area (Å²) in [7, 11) is 1.67. The van der Waals surface area contributed by atoms with Crippen molar-refractivity contribution >= 4 is 46.3 Å². The number of aliphatic hydroxyl groups is 1. The molecule has 0 spiro atoms. The quantitative estimate of drug-likeness (QED) is 0.749. The maximum Gasteiger partial charge on any atom is 0.282 e. The number of aryl methyl sites for hydroxylation is 2. The average Bonchev–Trinajstić information content (AvgIpc) is 2.90. The van der Waals surface area contributed by atoms with Gasteiger partial charge in [-0.1, -0.05) is 41.4 Å². The fourth-order valence-corrected chi connectivity index (χ4v) is 3.54. The number of halogens is 2. The fraction of sp³-hybridized carbons (Fsp3) is 0.238. The van der Waals surface area contributed by atoms with Crippen molar-refractivity contribution < 1.29 is 14.7 Å². The molecule has 2 amide bonds. The third-order valence-corrected chi connectivity index (χ3v) is 5.38. The number of rotatable bonds is 5. The van der Waals surface area contributed by atoms with Crippen LogP contribution in [-0.2, 0) is 9.59 Å². The van der Waals surface area contributed by atoms with E-state index in [1.54, 1.807) is 24.1 Å². The number of aliphatic hydroxyl groups excluding tert-OH is 1. The topological polar surface area (TPSA) is 60.9 Å². The molecule has 3 rings (SSSR count). The van der Waals surface area contributed by atoms with E-state index < -0.39 is 11.8 Å². The van der Waals surface area contributed by atoms with E-state index in [9.17, 15) is 14.7 Å². The maximum atomic E-state index is 13.4. The standard InChI is InChI=1S/C21H20Cl2N2O3/c1-12-4-5-14(10-13(12)2)18-19(24(3)8-9-26)21(28)25(20(18)27)17-11-15(22)6-7-16(17)23/h4-7,10-11,26H,8-9H2,1-3H3. The van der Waals surface area contributed by atoms with Crippen molar-refractivity contribution in [2.75, 3.05) is 25.1 Å². The number of carbonyl (C=O) groups excluding carboxylic acids is 2. The minimum Gasteiger partial charge on any atom is -0.395 e. The third-order valence-electron chi connectivity index (χ3n) is 4.82. The normalized spacial score (nSPS) is 14.3. The molecule has 0 bridgehead atoms. The Morgan fingerprint density at radius 1 is 1.00 bits per heavy atom. The molecule has 7 heteroatoms. The van der Waals surface area contributed by atoms with Gasteiger partial charge in [-0.05, 0) is 48.7 Å². The zero-order valence-electron chi connectivity index (χ0n) is 15.8. The molecule has 0 unspecified atom stereocenters. The molecule has 0 aliphatic carbocycles. The monoisotopic (exact) mass is 418 g/mol. The van der Waals surface area contributed by atoms with E-state index >= 15 is 0 Å². The van der Waals surface area contributed by atoms with E-state index in [0.29, 0.717) is 10.6 Å². The van der Waals surface area contributed by atoms with Gasteiger partial charge in [-0.15, -0.1) is 0 Å². The highest BCUT2D eigenvalue weighted by Crippen LogP contribution is 2.38. The van der Waals surface area contributed by atoms with Gasteiger partial charge in [0.2, 0.25) is 0 Å².